The van der Waals surface area contributed by atoms with E-state index in [2.05, 4.69) is 20.2 Å². The molecular weight excluding hydrogens is 603 g/mol. The van der Waals surface area contributed by atoms with Crippen LogP contribution < -0.4 is 9.64 Å². The Morgan fingerprint density at radius 2 is 1.80 bits per heavy atom. The summed E-state index contributed by atoms with van der Waals surface area (Å²) in [6.07, 6.45) is -2.71. The molecule has 0 unspecified atom stereocenters. The lowest BCUT2D eigenvalue weighted by atomic mass is 9.97. The number of aryl methyl sites for hydroxylation is 3. The van der Waals surface area contributed by atoms with Gasteiger partial charge in [-0.15, -0.1) is 0 Å². The number of aromatic amines is 1. The molecule has 1 amide bonds. The number of hydrogen-bond donors (Lipinski definition) is 1. The zero-order chi connectivity index (χ0) is 32.7. The van der Waals surface area contributed by atoms with Gasteiger partial charge in [-0.3, -0.25) is 10.00 Å². The van der Waals surface area contributed by atoms with Gasteiger partial charge in [0.05, 0.1) is 49.9 Å². The molecule has 2 aliphatic heterocycles. The number of pyridine rings is 1. The molecule has 2 atom stereocenters. The Labute approximate surface area is 263 Å². The van der Waals surface area contributed by atoms with Crippen molar-refractivity contribution in [2.24, 2.45) is 0 Å². The molecule has 2 saturated heterocycles. The van der Waals surface area contributed by atoms with Crippen LogP contribution in [-0.2, 0) is 22.2 Å². The first-order chi connectivity index (χ1) is 21.9. The molecule has 2 aliphatic rings. The standard InChI is InChI=1S/C32H34F3N7O4/c1-17-10-21(12-23(11-17)32(33,34)35)28-20(4)42(31(43)46-28)16-26-25(15-37-30(38-26)41-6-8-45-9-7-41)24-13-22(14-36-29(24)44-5)27-18(2)39-40-19(27)3/h10-15,20,28H,6-9,16H2,1-5H3,(H,39,40)/t20-,28-/m0/s1. The minimum atomic E-state index is -4.53. The minimum Gasteiger partial charge on any atom is -0.481 e. The van der Waals surface area contributed by atoms with Crippen molar-refractivity contribution < 1.29 is 32.2 Å². The largest absolute Gasteiger partial charge is 0.481 e. The van der Waals surface area contributed by atoms with Crippen molar-refractivity contribution in [3.63, 3.8) is 0 Å². The maximum absolute atomic E-state index is 13.6. The van der Waals surface area contributed by atoms with Crippen LogP contribution in [-0.4, -0.2) is 75.6 Å². The summed E-state index contributed by atoms with van der Waals surface area (Å²) in [6.45, 7) is 9.40. The third kappa shape index (κ3) is 5.96. The normalized spacial score (nSPS) is 18.7. The fourth-order valence-electron chi connectivity index (χ4n) is 6.05. The zero-order valence-electron chi connectivity index (χ0n) is 26.1. The number of carbonyl (C=O) groups is 1. The molecule has 46 heavy (non-hydrogen) atoms. The summed E-state index contributed by atoms with van der Waals surface area (Å²) in [4.78, 5) is 31.0. The lowest BCUT2D eigenvalue weighted by Gasteiger charge is -2.28. The molecule has 1 aromatic carbocycles. The number of nitrogens with zero attached hydrogens (tertiary/aromatic N) is 6. The van der Waals surface area contributed by atoms with E-state index in [1.54, 1.807) is 32.3 Å². The lowest BCUT2D eigenvalue weighted by molar-refractivity contribution is -0.137. The SMILES string of the molecule is COc1ncc(-c2c(C)n[nH]c2C)cc1-c1cnc(N2CCOCC2)nc1CN1C(=O)O[C@H](c2cc(C)cc(C(F)(F)F)c2)[C@@H]1C. The monoisotopic (exact) mass is 637 g/mol. The Hall–Kier alpha value is -4.72. The summed E-state index contributed by atoms with van der Waals surface area (Å²) >= 11 is 0. The first-order valence-corrected chi connectivity index (χ1v) is 14.9. The molecule has 1 N–H and O–H groups in total. The predicted molar refractivity (Wildman–Crippen MR) is 162 cm³/mol. The number of nitrogens with one attached hydrogen (secondary N) is 1. The van der Waals surface area contributed by atoms with E-state index in [4.69, 9.17) is 19.2 Å². The second-order valence-electron chi connectivity index (χ2n) is 11.5. The van der Waals surface area contributed by atoms with Crippen LogP contribution in [0.1, 0.15) is 46.8 Å². The van der Waals surface area contributed by atoms with Crippen molar-refractivity contribution in [3.8, 4) is 28.1 Å². The van der Waals surface area contributed by atoms with Gasteiger partial charge in [0, 0.05) is 53.4 Å². The molecule has 242 valence electrons. The van der Waals surface area contributed by atoms with Crippen LogP contribution in [0.3, 0.4) is 0 Å². The number of hydrogen-bond acceptors (Lipinski definition) is 9. The Bertz CT molecular complexity index is 1750. The first kappa shape index (κ1) is 31.3. The highest BCUT2D eigenvalue weighted by Gasteiger charge is 2.42. The number of alkyl halides is 3. The molecule has 4 aromatic rings. The fraction of sp³-hybridized carbons (Fsp3) is 0.406. The molecule has 11 nitrogen and oxygen atoms in total. The molecule has 0 radical (unpaired) electrons. The van der Waals surface area contributed by atoms with Crippen LogP contribution >= 0.6 is 0 Å². The number of ether oxygens (including phenoxy) is 3. The van der Waals surface area contributed by atoms with Crippen molar-refractivity contribution >= 4 is 12.0 Å². The van der Waals surface area contributed by atoms with Crippen molar-refractivity contribution in [3.05, 3.63) is 70.4 Å². The van der Waals surface area contributed by atoms with E-state index in [0.29, 0.717) is 60.5 Å². The van der Waals surface area contributed by atoms with Crippen molar-refractivity contribution in [1.29, 1.82) is 0 Å². The number of aromatic nitrogens is 5. The number of H-pyrrole nitrogens is 1. The number of amides is 1. The molecule has 0 saturated carbocycles. The average molecular weight is 638 g/mol. The van der Waals surface area contributed by atoms with E-state index >= 15 is 0 Å². The van der Waals surface area contributed by atoms with E-state index in [-0.39, 0.29) is 12.1 Å². The number of carbonyl (C=O) groups excluding carboxylic acids is 1. The van der Waals surface area contributed by atoms with Crippen LogP contribution in [0.4, 0.5) is 23.9 Å². The highest BCUT2D eigenvalue weighted by atomic mass is 19.4. The van der Waals surface area contributed by atoms with Gasteiger partial charge in [-0.1, -0.05) is 11.6 Å². The quantitative estimate of drug-likeness (QED) is 0.268. The van der Waals surface area contributed by atoms with Crippen LogP contribution in [0.2, 0.25) is 0 Å². The summed E-state index contributed by atoms with van der Waals surface area (Å²) in [5.74, 6) is 0.804. The van der Waals surface area contributed by atoms with Crippen LogP contribution in [0, 0.1) is 20.8 Å². The maximum Gasteiger partial charge on any atom is 0.416 e. The molecule has 2 fully saturated rings. The molecule has 0 bridgehead atoms. The number of morpholine rings is 1. The number of cyclic esters (lactones) is 1. The van der Waals surface area contributed by atoms with Gasteiger partial charge >= 0.3 is 12.3 Å². The number of benzene rings is 1. The molecule has 6 rings (SSSR count). The van der Waals surface area contributed by atoms with E-state index < -0.39 is 30.0 Å². The molecule has 0 spiro atoms. The van der Waals surface area contributed by atoms with Crippen molar-refractivity contribution in [1.82, 2.24) is 30.0 Å². The first-order valence-electron chi connectivity index (χ1n) is 14.9. The summed E-state index contributed by atoms with van der Waals surface area (Å²) in [6, 6.07) is 5.05. The molecular formula is C32H34F3N7O4. The van der Waals surface area contributed by atoms with Crippen molar-refractivity contribution in [2.75, 3.05) is 38.3 Å². The highest BCUT2D eigenvalue weighted by molar-refractivity contribution is 5.79. The van der Waals surface area contributed by atoms with Crippen LogP contribution in [0.25, 0.3) is 22.3 Å². The Kier molecular flexibility index (Phi) is 8.32. The van der Waals surface area contributed by atoms with Gasteiger partial charge in [0.25, 0.3) is 0 Å². The minimum absolute atomic E-state index is 0.000779. The molecule has 14 heteroatoms. The zero-order valence-corrected chi connectivity index (χ0v) is 26.1. The van der Waals surface area contributed by atoms with Gasteiger partial charge < -0.3 is 19.1 Å². The van der Waals surface area contributed by atoms with E-state index in [1.807, 2.05) is 24.8 Å². The van der Waals surface area contributed by atoms with E-state index in [9.17, 15) is 18.0 Å². The van der Waals surface area contributed by atoms with Gasteiger partial charge in [-0.05, 0) is 51.5 Å². The van der Waals surface area contributed by atoms with Gasteiger partial charge in [-0.25, -0.2) is 19.7 Å². The van der Waals surface area contributed by atoms with E-state index in [1.165, 1.54) is 12.0 Å². The van der Waals surface area contributed by atoms with Gasteiger partial charge in [-0.2, -0.15) is 18.3 Å². The Balaban J connectivity index is 1.41. The number of anilines is 1. The van der Waals surface area contributed by atoms with Crippen LogP contribution in [0.15, 0.2) is 36.7 Å². The van der Waals surface area contributed by atoms with Gasteiger partial charge in [0.2, 0.25) is 11.8 Å². The summed E-state index contributed by atoms with van der Waals surface area (Å²) in [7, 11) is 1.52. The van der Waals surface area contributed by atoms with Gasteiger partial charge in [0.15, 0.2) is 0 Å². The lowest BCUT2D eigenvalue weighted by Crippen LogP contribution is -2.38. The van der Waals surface area contributed by atoms with Crippen molar-refractivity contribution in [2.45, 2.75) is 52.6 Å². The van der Waals surface area contributed by atoms with Crippen LogP contribution in [0.5, 0.6) is 5.88 Å². The Morgan fingerprint density at radius 3 is 2.48 bits per heavy atom. The predicted octanol–water partition coefficient (Wildman–Crippen LogP) is 5.80. The second-order valence-corrected chi connectivity index (χ2v) is 11.5. The van der Waals surface area contributed by atoms with Gasteiger partial charge in [0.1, 0.15) is 6.10 Å². The third-order valence-electron chi connectivity index (χ3n) is 8.37. The highest BCUT2D eigenvalue weighted by Crippen LogP contribution is 2.40. The summed E-state index contributed by atoms with van der Waals surface area (Å²) < 4.78 is 57.7. The number of rotatable bonds is 7. The molecule has 0 aliphatic carbocycles. The third-order valence-corrected chi connectivity index (χ3v) is 8.37. The Morgan fingerprint density at radius 1 is 1.04 bits per heavy atom. The maximum atomic E-state index is 13.6. The van der Waals surface area contributed by atoms with E-state index in [0.717, 1.165) is 34.6 Å². The molecule has 3 aromatic heterocycles. The smallest absolute Gasteiger partial charge is 0.416 e. The number of methoxy groups -OCH3 is 1. The number of halogens is 3. The summed E-state index contributed by atoms with van der Waals surface area (Å²) in [5, 5.41) is 7.31. The summed E-state index contributed by atoms with van der Waals surface area (Å²) in [5.41, 5.74) is 4.97. The molecule has 5 heterocycles. The average Bonchev–Trinajstić information content (AvgIpc) is 3.52. The fourth-order valence-corrected chi connectivity index (χ4v) is 6.05. The topological polar surface area (TPSA) is 119 Å². The second kappa shape index (κ2) is 12.2.